The van der Waals surface area contributed by atoms with Crippen LogP contribution in [0.4, 0.5) is 16.3 Å². The quantitative estimate of drug-likeness (QED) is 0.758. The van der Waals surface area contributed by atoms with Gasteiger partial charge in [-0.25, -0.2) is 4.79 Å². The lowest BCUT2D eigenvalue weighted by Crippen LogP contribution is -2.49. The molecule has 150 valence electrons. The van der Waals surface area contributed by atoms with Crippen LogP contribution in [0.25, 0.3) is 0 Å². The van der Waals surface area contributed by atoms with Crippen LogP contribution in [0, 0.1) is 0 Å². The molecule has 0 spiro atoms. The van der Waals surface area contributed by atoms with E-state index in [0.29, 0.717) is 36.3 Å². The topological polar surface area (TPSA) is 82.0 Å². The number of amides is 1. The van der Waals surface area contributed by atoms with Gasteiger partial charge in [-0.15, -0.1) is 10.2 Å². The molecule has 8 nitrogen and oxygen atoms in total. The molecular formula is C19H24ClN5O3. The maximum atomic E-state index is 11.8. The minimum atomic E-state index is -0.984. The molecule has 2 aromatic rings. The predicted octanol–water partition coefficient (Wildman–Crippen LogP) is 2.84. The summed E-state index contributed by atoms with van der Waals surface area (Å²) in [5.41, 5.74) is 0.576. The molecule has 1 aliphatic heterocycles. The molecule has 0 atom stereocenters. The Morgan fingerprint density at radius 2 is 1.93 bits per heavy atom. The second-order valence-electron chi connectivity index (χ2n) is 6.38. The number of rotatable bonds is 7. The standard InChI is InChI=1S/C19H24ClN5O3/c1-2-28-16-6-4-3-5-15(16)25(19(26)27)14-11-23-9-12-24(13-10-23)18-8-7-17(20)21-22-18/h3-8H,2,9-14H2,1H3,(H,26,27). The van der Waals surface area contributed by atoms with Gasteiger partial charge in [-0.3, -0.25) is 9.80 Å². The molecule has 2 heterocycles. The van der Waals surface area contributed by atoms with Gasteiger partial charge in [-0.05, 0) is 31.2 Å². The van der Waals surface area contributed by atoms with Crippen LogP contribution in [0.1, 0.15) is 6.92 Å². The fourth-order valence-electron chi connectivity index (χ4n) is 3.20. The molecule has 0 radical (unpaired) electrons. The SMILES string of the molecule is CCOc1ccccc1N(CCN1CCN(c2ccc(Cl)nn2)CC1)C(=O)O. The molecule has 1 N–H and O–H groups in total. The summed E-state index contributed by atoms with van der Waals surface area (Å²) in [6, 6.07) is 10.8. The molecule has 3 rings (SSSR count). The van der Waals surface area contributed by atoms with Crippen molar-refractivity contribution in [1.82, 2.24) is 15.1 Å². The fourth-order valence-corrected chi connectivity index (χ4v) is 3.30. The van der Waals surface area contributed by atoms with Crippen LogP contribution in [0.3, 0.4) is 0 Å². The maximum absolute atomic E-state index is 11.8. The number of carboxylic acid groups (broad SMARTS) is 1. The van der Waals surface area contributed by atoms with E-state index < -0.39 is 6.09 Å². The number of para-hydroxylation sites is 2. The highest BCUT2D eigenvalue weighted by Gasteiger charge is 2.22. The number of benzene rings is 1. The zero-order valence-corrected chi connectivity index (χ0v) is 16.5. The Labute approximate surface area is 169 Å². The number of ether oxygens (including phenoxy) is 1. The summed E-state index contributed by atoms with van der Waals surface area (Å²) < 4.78 is 5.58. The summed E-state index contributed by atoms with van der Waals surface area (Å²) in [5, 5.41) is 18.1. The summed E-state index contributed by atoms with van der Waals surface area (Å²) in [4.78, 5) is 17.6. The van der Waals surface area contributed by atoms with Crippen LogP contribution in [0.15, 0.2) is 36.4 Å². The first-order valence-corrected chi connectivity index (χ1v) is 9.65. The van der Waals surface area contributed by atoms with E-state index in [0.717, 1.165) is 32.0 Å². The lowest BCUT2D eigenvalue weighted by molar-refractivity contribution is 0.198. The number of hydrogen-bond donors (Lipinski definition) is 1. The van der Waals surface area contributed by atoms with Gasteiger partial charge in [0.25, 0.3) is 0 Å². The Kier molecular flexibility index (Phi) is 6.89. The second kappa shape index (κ2) is 9.57. The van der Waals surface area contributed by atoms with Gasteiger partial charge >= 0.3 is 6.09 Å². The summed E-state index contributed by atoms with van der Waals surface area (Å²) in [7, 11) is 0. The molecular weight excluding hydrogens is 382 g/mol. The molecule has 1 aromatic heterocycles. The molecule has 1 fully saturated rings. The van der Waals surface area contributed by atoms with Crippen LogP contribution in [0.2, 0.25) is 5.15 Å². The van der Waals surface area contributed by atoms with E-state index in [9.17, 15) is 9.90 Å². The maximum Gasteiger partial charge on any atom is 0.411 e. The Bertz CT molecular complexity index is 781. The molecule has 9 heteroatoms. The summed E-state index contributed by atoms with van der Waals surface area (Å²) in [5.74, 6) is 1.39. The second-order valence-corrected chi connectivity index (χ2v) is 6.77. The first kappa shape index (κ1) is 20.2. The van der Waals surface area contributed by atoms with Crippen LogP contribution in [-0.4, -0.2) is 72.2 Å². The highest BCUT2D eigenvalue weighted by Crippen LogP contribution is 2.28. The first-order valence-electron chi connectivity index (χ1n) is 9.27. The Morgan fingerprint density at radius 1 is 1.18 bits per heavy atom. The van der Waals surface area contributed by atoms with Crippen molar-refractivity contribution in [2.45, 2.75) is 6.92 Å². The van der Waals surface area contributed by atoms with Crippen molar-refractivity contribution in [2.24, 2.45) is 0 Å². The number of carbonyl (C=O) groups is 1. The summed E-state index contributed by atoms with van der Waals surface area (Å²) >= 11 is 5.79. The zero-order chi connectivity index (χ0) is 19.9. The van der Waals surface area contributed by atoms with Crippen molar-refractivity contribution < 1.29 is 14.6 Å². The van der Waals surface area contributed by atoms with Crippen LogP contribution in [-0.2, 0) is 0 Å². The van der Waals surface area contributed by atoms with E-state index in [2.05, 4.69) is 20.0 Å². The molecule has 1 amide bonds. The minimum absolute atomic E-state index is 0.375. The van der Waals surface area contributed by atoms with E-state index in [1.54, 1.807) is 18.2 Å². The Hall–Kier alpha value is -2.58. The molecule has 0 aliphatic carbocycles. The fraction of sp³-hybridized carbons (Fsp3) is 0.421. The third-order valence-corrected chi connectivity index (χ3v) is 4.84. The van der Waals surface area contributed by atoms with E-state index in [1.165, 1.54) is 4.90 Å². The third-order valence-electron chi connectivity index (χ3n) is 4.64. The number of nitrogens with zero attached hydrogens (tertiary/aromatic N) is 5. The lowest BCUT2D eigenvalue weighted by atomic mass is 10.2. The number of hydrogen-bond acceptors (Lipinski definition) is 6. The monoisotopic (exact) mass is 405 g/mol. The van der Waals surface area contributed by atoms with Crippen LogP contribution < -0.4 is 14.5 Å². The lowest BCUT2D eigenvalue weighted by Gasteiger charge is -2.36. The van der Waals surface area contributed by atoms with Crippen molar-refractivity contribution in [3.05, 3.63) is 41.6 Å². The highest BCUT2D eigenvalue weighted by atomic mass is 35.5. The van der Waals surface area contributed by atoms with Crippen molar-refractivity contribution in [3.8, 4) is 5.75 Å². The van der Waals surface area contributed by atoms with Gasteiger partial charge in [0.1, 0.15) is 5.75 Å². The van der Waals surface area contributed by atoms with Gasteiger partial charge < -0.3 is 14.7 Å². The van der Waals surface area contributed by atoms with Gasteiger partial charge in [-0.2, -0.15) is 0 Å². The molecule has 28 heavy (non-hydrogen) atoms. The molecule has 1 saturated heterocycles. The average molecular weight is 406 g/mol. The van der Waals surface area contributed by atoms with E-state index in [4.69, 9.17) is 16.3 Å². The van der Waals surface area contributed by atoms with Gasteiger partial charge in [0.15, 0.2) is 11.0 Å². The molecule has 0 unspecified atom stereocenters. The Balaban J connectivity index is 1.57. The van der Waals surface area contributed by atoms with Gasteiger partial charge in [0.2, 0.25) is 0 Å². The van der Waals surface area contributed by atoms with Crippen molar-refractivity contribution in [1.29, 1.82) is 0 Å². The van der Waals surface area contributed by atoms with Gasteiger partial charge in [0.05, 0.1) is 12.3 Å². The normalized spacial score (nSPS) is 14.7. The van der Waals surface area contributed by atoms with Gasteiger partial charge in [-0.1, -0.05) is 23.7 Å². The smallest absolute Gasteiger partial charge is 0.411 e. The van der Waals surface area contributed by atoms with Crippen LogP contribution in [0.5, 0.6) is 5.75 Å². The minimum Gasteiger partial charge on any atom is -0.492 e. The third kappa shape index (κ3) is 5.02. The molecule has 0 saturated carbocycles. The van der Waals surface area contributed by atoms with E-state index in [1.807, 2.05) is 25.1 Å². The first-order chi connectivity index (χ1) is 13.6. The average Bonchev–Trinajstić information content (AvgIpc) is 2.70. The largest absolute Gasteiger partial charge is 0.492 e. The summed E-state index contributed by atoms with van der Waals surface area (Å²) in [6.07, 6.45) is -0.984. The van der Waals surface area contributed by atoms with Crippen molar-refractivity contribution in [3.63, 3.8) is 0 Å². The number of piperazine rings is 1. The van der Waals surface area contributed by atoms with Crippen LogP contribution >= 0.6 is 11.6 Å². The molecule has 0 bridgehead atoms. The van der Waals surface area contributed by atoms with Crippen molar-refractivity contribution >= 4 is 29.2 Å². The number of anilines is 2. The number of aromatic nitrogens is 2. The van der Waals surface area contributed by atoms with E-state index >= 15 is 0 Å². The Morgan fingerprint density at radius 3 is 2.57 bits per heavy atom. The van der Waals surface area contributed by atoms with Crippen molar-refractivity contribution in [2.75, 3.05) is 55.7 Å². The molecule has 1 aromatic carbocycles. The molecule has 1 aliphatic rings. The zero-order valence-electron chi connectivity index (χ0n) is 15.8. The highest BCUT2D eigenvalue weighted by molar-refractivity contribution is 6.29. The summed E-state index contributed by atoms with van der Waals surface area (Å²) in [6.45, 7) is 6.65. The van der Waals surface area contributed by atoms with Gasteiger partial charge in [0, 0.05) is 39.3 Å². The number of halogens is 1. The van der Waals surface area contributed by atoms with E-state index in [-0.39, 0.29) is 0 Å². The predicted molar refractivity (Wildman–Crippen MR) is 109 cm³/mol.